The minimum absolute atomic E-state index is 0.129. The maximum atomic E-state index is 12.1. The van der Waals surface area contributed by atoms with Crippen LogP contribution in [0.2, 0.25) is 0 Å². The third-order valence-electron chi connectivity index (χ3n) is 6.65. The van der Waals surface area contributed by atoms with Crippen LogP contribution in [0.15, 0.2) is 29.9 Å². The van der Waals surface area contributed by atoms with Gasteiger partial charge < -0.3 is 14.5 Å². The van der Waals surface area contributed by atoms with Crippen molar-refractivity contribution in [2.45, 2.75) is 38.8 Å². The number of carbonyl (C=O) groups is 1. The molecule has 31 heavy (non-hydrogen) atoms. The van der Waals surface area contributed by atoms with E-state index >= 15 is 0 Å². The number of fused-ring (bicyclic) bond motifs is 2. The molecular formula is C23H25N5O2S. The summed E-state index contributed by atoms with van der Waals surface area (Å²) in [5, 5.41) is 5.12. The molecule has 0 N–H and O–H groups in total. The Morgan fingerprint density at radius 1 is 1.23 bits per heavy atom. The smallest absolute Gasteiger partial charge is 0.219 e. The lowest BCUT2D eigenvalue weighted by atomic mass is 9.97. The molecule has 5 heterocycles. The number of ether oxygens (including phenoxy) is 1. The number of hydrogen-bond acceptors (Lipinski definition) is 6. The highest BCUT2D eigenvalue weighted by Crippen LogP contribution is 2.40. The molecule has 6 rings (SSSR count). The highest BCUT2D eigenvalue weighted by atomic mass is 32.1. The molecular weight excluding hydrogens is 410 g/mol. The lowest BCUT2D eigenvalue weighted by Crippen LogP contribution is -2.37. The number of rotatable bonds is 3. The number of amides is 1. The fraction of sp³-hybridized carbons (Fsp3) is 0.435. The van der Waals surface area contributed by atoms with E-state index in [1.165, 1.54) is 32.9 Å². The summed E-state index contributed by atoms with van der Waals surface area (Å²) in [5.74, 6) is 1.14. The molecule has 1 aromatic carbocycles. The van der Waals surface area contributed by atoms with Crippen molar-refractivity contribution < 1.29 is 9.53 Å². The maximum absolute atomic E-state index is 12.1. The van der Waals surface area contributed by atoms with E-state index in [1.54, 1.807) is 18.3 Å². The Bertz CT molecular complexity index is 1140. The third-order valence-corrected chi connectivity index (χ3v) is 7.47. The largest absolute Gasteiger partial charge is 0.377 e. The Labute approximate surface area is 185 Å². The molecule has 3 aliphatic heterocycles. The van der Waals surface area contributed by atoms with E-state index in [-0.39, 0.29) is 5.91 Å². The zero-order chi connectivity index (χ0) is 20.9. The first kappa shape index (κ1) is 19.0. The van der Waals surface area contributed by atoms with E-state index in [0.29, 0.717) is 12.6 Å². The predicted molar refractivity (Wildman–Crippen MR) is 120 cm³/mol. The number of hydrogen-bond donors (Lipinski definition) is 0. The maximum Gasteiger partial charge on any atom is 0.219 e. The van der Waals surface area contributed by atoms with Crippen LogP contribution in [0.3, 0.4) is 0 Å². The second kappa shape index (κ2) is 7.46. The summed E-state index contributed by atoms with van der Waals surface area (Å²) in [5.41, 5.74) is 8.17. The Morgan fingerprint density at radius 2 is 2.13 bits per heavy atom. The number of anilines is 2. The first-order valence-corrected chi connectivity index (χ1v) is 11.8. The summed E-state index contributed by atoms with van der Waals surface area (Å²) in [7, 11) is 0. The number of benzene rings is 1. The highest BCUT2D eigenvalue weighted by molar-refractivity contribution is 7.13. The number of aryl methyl sites for hydroxylation is 1. The second-order valence-corrected chi connectivity index (χ2v) is 9.43. The first-order chi connectivity index (χ1) is 15.2. The molecule has 3 aliphatic rings. The van der Waals surface area contributed by atoms with Gasteiger partial charge in [0, 0.05) is 49.6 Å². The van der Waals surface area contributed by atoms with E-state index in [2.05, 4.69) is 32.8 Å². The van der Waals surface area contributed by atoms with E-state index in [0.717, 1.165) is 51.4 Å². The van der Waals surface area contributed by atoms with Gasteiger partial charge in [-0.3, -0.25) is 14.5 Å². The molecule has 0 unspecified atom stereocenters. The fourth-order valence-electron chi connectivity index (χ4n) is 4.91. The van der Waals surface area contributed by atoms with Gasteiger partial charge in [0.05, 0.1) is 36.2 Å². The van der Waals surface area contributed by atoms with Gasteiger partial charge in [0.2, 0.25) is 5.91 Å². The summed E-state index contributed by atoms with van der Waals surface area (Å²) < 4.78 is 7.64. The third kappa shape index (κ3) is 3.16. The average Bonchev–Trinajstić information content (AvgIpc) is 3.40. The van der Waals surface area contributed by atoms with Crippen LogP contribution in [0.4, 0.5) is 11.5 Å². The lowest BCUT2D eigenvalue weighted by Gasteiger charge is -2.33. The second-order valence-electron chi connectivity index (χ2n) is 8.54. The summed E-state index contributed by atoms with van der Waals surface area (Å²) >= 11 is 1.67. The van der Waals surface area contributed by atoms with Crippen LogP contribution >= 0.6 is 11.3 Å². The van der Waals surface area contributed by atoms with Crippen molar-refractivity contribution in [1.82, 2.24) is 19.7 Å². The Morgan fingerprint density at radius 3 is 2.87 bits per heavy atom. The zero-order valence-corrected chi connectivity index (χ0v) is 18.4. The molecule has 0 spiro atoms. The van der Waals surface area contributed by atoms with Gasteiger partial charge >= 0.3 is 0 Å². The molecule has 7 nitrogen and oxygen atoms in total. The number of aromatic nitrogens is 3. The van der Waals surface area contributed by atoms with E-state index < -0.39 is 0 Å². The quantitative estimate of drug-likeness (QED) is 0.629. The van der Waals surface area contributed by atoms with Gasteiger partial charge in [0.1, 0.15) is 0 Å². The molecule has 1 fully saturated rings. The molecule has 1 amide bonds. The van der Waals surface area contributed by atoms with Crippen LogP contribution in [-0.4, -0.2) is 51.9 Å². The zero-order valence-electron chi connectivity index (χ0n) is 17.6. The van der Waals surface area contributed by atoms with Crippen molar-refractivity contribution in [2.24, 2.45) is 0 Å². The molecule has 1 saturated heterocycles. The molecule has 2 aromatic heterocycles. The molecule has 3 aromatic rings. The van der Waals surface area contributed by atoms with Crippen LogP contribution in [-0.2, 0) is 28.9 Å². The Hall–Kier alpha value is -2.71. The predicted octanol–water partition coefficient (Wildman–Crippen LogP) is 3.57. The normalized spacial score (nSPS) is 18.5. The van der Waals surface area contributed by atoms with Crippen LogP contribution in [0.5, 0.6) is 0 Å². The van der Waals surface area contributed by atoms with Crippen LogP contribution in [0.25, 0.3) is 10.4 Å². The minimum atomic E-state index is 0.129. The molecule has 0 radical (unpaired) electrons. The summed E-state index contributed by atoms with van der Waals surface area (Å²) in [4.78, 5) is 21.8. The Balaban J connectivity index is 1.42. The number of carbonyl (C=O) groups excluding carboxylic acids is 1. The van der Waals surface area contributed by atoms with Gasteiger partial charge in [0.15, 0.2) is 5.82 Å². The van der Waals surface area contributed by atoms with Crippen molar-refractivity contribution in [1.29, 1.82) is 0 Å². The summed E-state index contributed by atoms with van der Waals surface area (Å²) in [6.07, 6.45) is 4.94. The van der Waals surface area contributed by atoms with Crippen molar-refractivity contribution in [3.8, 4) is 10.4 Å². The molecule has 160 valence electrons. The monoisotopic (exact) mass is 435 g/mol. The summed E-state index contributed by atoms with van der Waals surface area (Å²) in [6.45, 7) is 5.44. The average molecular weight is 436 g/mol. The lowest BCUT2D eigenvalue weighted by molar-refractivity contribution is -0.129. The van der Waals surface area contributed by atoms with Crippen molar-refractivity contribution in [3.63, 3.8) is 0 Å². The van der Waals surface area contributed by atoms with Crippen molar-refractivity contribution in [3.05, 3.63) is 46.7 Å². The minimum Gasteiger partial charge on any atom is -0.377 e. The standard InChI is InChI=1S/C23H25N5O2S/c1-15(29)26-8-6-21-19(11-26)23(25-28(21)18-12-30-13-18)27-7-2-3-16-9-17(4-5-20(16)27)22-10-24-14-31-22/h4-5,9-10,14,18H,2-3,6-8,11-13H2,1H3. The highest BCUT2D eigenvalue weighted by Gasteiger charge is 2.34. The van der Waals surface area contributed by atoms with Gasteiger partial charge in [-0.15, -0.1) is 11.3 Å². The van der Waals surface area contributed by atoms with Crippen LogP contribution in [0, 0.1) is 0 Å². The van der Waals surface area contributed by atoms with Gasteiger partial charge in [-0.2, -0.15) is 5.10 Å². The van der Waals surface area contributed by atoms with Crippen molar-refractivity contribution >= 4 is 28.7 Å². The number of nitrogens with zero attached hydrogens (tertiary/aromatic N) is 5. The molecule has 8 heteroatoms. The molecule has 0 bridgehead atoms. The topological polar surface area (TPSA) is 63.5 Å². The van der Waals surface area contributed by atoms with Crippen LogP contribution < -0.4 is 4.90 Å². The van der Waals surface area contributed by atoms with Crippen LogP contribution in [0.1, 0.15) is 36.2 Å². The molecule has 0 atom stereocenters. The Kier molecular flexibility index (Phi) is 4.57. The molecule has 0 aliphatic carbocycles. The van der Waals surface area contributed by atoms with E-state index in [9.17, 15) is 4.79 Å². The first-order valence-electron chi connectivity index (χ1n) is 10.9. The van der Waals surface area contributed by atoms with Gasteiger partial charge in [-0.1, -0.05) is 6.07 Å². The fourth-order valence-corrected chi connectivity index (χ4v) is 5.53. The van der Waals surface area contributed by atoms with E-state index in [4.69, 9.17) is 9.84 Å². The van der Waals surface area contributed by atoms with Gasteiger partial charge in [0.25, 0.3) is 0 Å². The van der Waals surface area contributed by atoms with Crippen molar-refractivity contribution in [2.75, 3.05) is 31.2 Å². The molecule has 0 saturated carbocycles. The van der Waals surface area contributed by atoms with E-state index in [1.807, 2.05) is 16.6 Å². The van der Waals surface area contributed by atoms with Gasteiger partial charge in [-0.25, -0.2) is 0 Å². The number of thiazole rings is 1. The van der Waals surface area contributed by atoms with Gasteiger partial charge in [-0.05, 0) is 36.1 Å². The SMILES string of the molecule is CC(=O)N1CCc2c(c(N3CCCc4cc(-c5cncs5)ccc43)nn2C2COC2)C1. The summed E-state index contributed by atoms with van der Waals surface area (Å²) in [6, 6.07) is 7.03.